The Bertz CT molecular complexity index is 23.6. The third kappa shape index (κ3) is 4.49. The molecule has 1 fully saturated rings. The van der Waals surface area contributed by atoms with E-state index in [-0.39, 0.29) is 51.4 Å². The molecule has 1 saturated heterocycles. The van der Waals surface area contributed by atoms with Gasteiger partial charge in [-0.15, -0.1) is 0 Å². The van der Waals surface area contributed by atoms with Gasteiger partial charge in [-0.3, -0.25) is 5.75 Å². The van der Waals surface area contributed by atoms with Gasteiger partial charge >= 0.3 is 51.4 Å². The number of thioether (sulfide) groups is 1. The largest absolute Gasteiger partial charge is 1.00 e. The molecule has 0 aromatic rings. The maximum Gasteiger partial charge on any atom is 1.00 e. The van der Waals surface area contributed by atoms with Gasteiger partial charge in [-0.25, -0.2) is 0 Å². The smallest absolute Gasteiger partial charge is 0.351 e. The van der Waals surface area contributed by atoms with Gasteiger partial charge < -0.3 is 11.8 Å². The SMILES string of the molecule is [CH-]1CCCCS1.[K+]. The summed E-state index contributed by atoms with van der Waals surface area (Å²) in [6, 6.07) is 0. The van der Waals surface area contributed by atoms with E-state index in [1.165, 1.54) is 25.0 Å². The molecule has 1 aliphatic heterocycles. The predicted molar refractivity (Wildman–Crippen MR) is 30.6 cm³/mol. The summed E-state index contributed by atoms with van der Waals surface area (Å²) in [7, 11) is 0. The van der Waals surface area contributed by atoms with E-state index >= 15 is 0 Å². The van der Waals surface area contributed by atoms with Gasteiger partial charge in [-0.2, -0.15) is 6.42 Å². The summed E-state index contributed by atoms with van der Waals surface area (Å²) in [5, 5.41) is 0. The van der Waals surface area contributed by atoms with E-state index in [4.69, 9.17) is 0 Å². The van der Waals surface area contributed by atoms with Crippen LogP contribution in [0, 0.1) is 5.75 Å². The van der Waals surface area contributed by atoms with Gasteiger partial charge in [0, 0.05) is 0 Å². The van der Waals surface area contributed by atoms with Crippen LogP contribution in [0.2, 0.25) is 0 Å². The molecule has 0 bridgehead atoms. The second-order valence-corrected chi connectivity index (χ2v) is 2.61. The second kappa shape index (κ2) is 6.11. The second-order valence-electron chi connectivity index (χ2n) is 1.53. The number of rotatable bonds is 0. The summed E-state index contributed by atoms with van der Waals surface area (Å²) in [5.41, 5.74) is 0. The fourth-order valence-corrected chi connectivity index (χ4v) is 1.45. The molecule has 0 aromatic heterocycles. The van der Waals surface area contributed by atoms with Crippen molar-refractivity contribution in [3.05, 3.63) is 5.75 Å². The first kappa shape index (κ1) is 8.99. The van der Waals surface area contributed by atoms with Crippen molar-refractivity contribution in [2.45, 2.75) is 19.3 Å². The molecule has 0 N–H and O–H groups in total. The molecule has 0 radical (unpaired) electrons. The first-order valence-corrected chi connectivity index (χ1v) is 3.48. The molecule has 7 heavy (non-hydrogen) atoms. The number of hydrogen-bond acceptors (Lipinski definition) is 1. The van der Waals surface area contributed by atoms with Crippen LogP contribution in [0.25, 0.3) is 0 Å². The molecule has 0 aromatic carbocycles. The van der Waals surface area contributed by atoms with Crippen LogP contribution in [0.1, 0.15) is 19.3 Å². The van der Waals surface area contributed by atoms with Crippen molar-refractivity contribution >= 4 is 11.8 Å². The minimum absolute atomic E-state index is 0. The molecule has 0 amide bonds. The molecule has 0 atom stereocenters. The Morgan fingerprint density at radius 1 is 1.29 bits per heavy atom. The van der Waals surface area contributed by atoms with Crippen LogP contribution in [-0.2, 0) is 0 Å². The van der Waals surface area contributed by atoms with Crippen LogP contribution in [0.3, 0.4) is 0 Å². The molecule has 1 rings (SSSR count). The van der Waals surface area contributed by atoms with Crippen LogP contribution >= 0.6 is 11.8 Å². The van der Waals surface area contributed by atoms with Crippen molar-refractivity contribution in [1.82, 2.24) is 0 Å². The van der Waals surface area contributed by atoms with Gasteiger partial charge in [0.05, 0.1) is 0 Å². The zero-order valence-electron chi connectivity index (χ0n) is 4.81. The zero-order chi connectivity index (χ0) is 4.24. The van der Waals surface area contributed by atoms with Crippen LogP contribution in [0.15, 0.2) is 0 Å². The molecular weight excluding hydrogens is 131 g/mol. The van der Waals surface area contributed by atoms with Crippen molar-refractivity contribution in [3.8, 4) is 0 Å². The summed E-state index contributed by atoms with van der Waals surface area (Å²) in [5.74, 6) is 3.67. The summed E-state index contributed by atoms with van der Waals surface area (Å²) >= 11 is 1.97. The monoisotopic (exact) mass is 140 g/mol. The third-order valence-electron chi connectivity index (χ3n) is 0.952. The fourth-order valence-electron chi connectivity index (χ4n) is 0.580. The van der Waals surface area contributed by atoms with Gasteiger partial charge in [0.25, 0.3) is 0 Å². The summed E-state index contributed by atoms with van der Waals surface area (Å²) in [6.45, 7) is 0. The van der Waals surface area contributed by atoms with E-state index in [0.29, 0.717) is 0 Å². The Balaban J connectivity index is 0.000000360. The van der Waals surface area contributed by atoms with E-state index in [9.17, 15) is 0 Å². The van der Waals surface area contributed by atoms with Crippen LogP contribution in [0.5, 0.6) is 0 Å². The maximum absolute atomic E-state index is 2.31. The molecular formula is C5H9KS. The standard InChI is InChI=1S/C5H9S.K/c1-2-4-6-5-3-1;/h4H,1-3,5H2;/q-1;+1. The first-order chi connectivity index (χ1) is 3.00. The average Bonchev–Trinajstić information content (AvgIpc) is 1.72. The zero-order valence-corrected chi connectivity index (χ0v) is 8.75. The maximum atomic E-state index is 2.31. The molecule has 0 aliphatic carbocycles. The van der Waals surface area contributed by atoms with Gasteiger partial charge in [-0.1, -0.05) is 6.42 Å². The average molecular weight is 140 g/mol. The van der Waals surface area contributed by atoms with E-state index in [0.717, 1.165) is 0 Å². The topological polar surface area (TPSA) is 0 Å². The van der Waals surface area contributed by atoms with Crippen molar-refractivity contribution < 1.29 is 51.4 Å². The molecule has 0 unspecified atom stereocenters. The molecule has 0 spiro atoms. The molecule has 1 aliphatic rings. The van der Waals surface area contributed by atoms with Crippen LogP contribution in [-0.4, -0.2) is 5.75 Å². The Morgan fingerprint density at radius 3 is 2.29 bits per heavy atom. The minimum atomic E-state index is 0. The molecule has 1 heterocycles. The van der Waals surface area contributed by atoms with Gasteiger partial charge in [0.15, 0.2) is 0 Å². The van der Waals surface area contributed by atoms with Crippen molar-refractivity contribution in [1.29, 1.82) is 0 Å². The van der Waals surface area contributed by atoms with Crippen molar-refractivity contribution in [2.24, 2.45) is 0 Å². The van der Waals surface area contributed by atoms with E-state index in [2.05, 4.69) is 5.75 Å². The minimum Gasteiger partial charge on any atom is -0.351 e. The Hall–Kier alpha value is 1.99. The van der Waals surface area contributed by atoms with Crippen molar-refractivity contribution in [3.63, 3.8) is 0 Å². The van der Waals surface area contributed by atoms with Crippen molar-refractivity contribution in [2.75, 3.05) is 5.75 Å². The molecule has 0 saturated carbocycles. The van der Waals surface area contributed by atoms with E-state index in [1.54, 1.807) is 0 Å². The molecule has 0 nitrogen and oxygen atoms in total. The molecule has 36 valence electrons. The summed E-state index contributed by atoms with van der Waals surface area (Å²) < 4.78 is 0. The van der Waals surface area contributed by atoms with Crippen LogP contribution < -0.4 is 51.4 Å². The van der Waals surface area contributed by atoms with Gasteiger partial charge in [-0.05, 0) is 12.2 Å². The van der Waals surface area contributed by atoms with E-state index in [1.807, 2.05) is 11.8 Å². The Kier molecular flexibility index (Phi) is 7.85. The fraction of sp³-hybridized carbons (Fsp3) is 0.800. The first-order valence-electron chi connectivity index (χ1n) is 2.43. The molecule has 2 heteroatoms. The number of hydrogen-bond donors (Lipinski definition) is 0. The summed E-state index contributed by atoms with van der Waals surface area (Å²) in [6.07, 6.45) is 4.19. The third-order valence-corrected chi connectivity index (χ3v) is 1.95. The van der Waals surface area contributed by atoms with Gasteiger partial charge in [0.2, 0.25) is 0 Å². The normalized spacial score (nSPS) is 20.6. The Morgan fingerprint density at radius 2 is 2.14 bits per heavy atom. The quantitative estimate of drug-likeness (QED) is 0.309. The van der Waals surface area contributed by atoms with E-state index < -0.39 is 0 Å². The van der Waals surface area contributed by atoms with Crippen LogP contribution in [0.4, 0.5) is 0 Å². The van der Waals surface area contributed by atoms with Gasteiger partial charge in [0.1, 0.15) is 0 Å². The Labute approximate surface area is 92.2 Å². The summed E-state index contributed by atoms with van der Waals surface area (Å²) in [4.78, 5) is 0. The predicted octanol–water partition coefficient (Wildman–Crippen LogP) is -0.931.